The number of urea groups is 1. The number of ether oxygens (including phenoxy) is 2. The van der Waals surface area contributed by atoms with Crippen LogP contribution in [0.2, 0.25) is 0 Å². The van der Waals surface area contributed by atoms with E-state index in [2.05, 4.69) is 10.1 Å². The third-order valence-corrected chi connectivity index (χ3v) is 3.98. The summed E-state index contributed by atoms with van der Waals surface area (Å²) in [4.78, 5) is 25.2. The van der Waals surface area contributed by atoms with E-state index in [0.29, 0.717) is 19.1 Å². The van der Waals surface area contributed by atoms with Crippen molar-refractivity contribution in [3.63, 3.8) is 0 Å². The SMILES string of the molecule is COC(=O)CCN(CC1CCCO1)C(=O)NC1CCC1. The van der Waals surface area contributed by atoms with E-state index in [9.17, 15) is 9.59 Å². The molecule has 1 heterocycles. The average molecular weight is 284 g/mol. The lowest BCUT2D eigenvalue weighted by atomic mass is 9.93. The van der Waals surface area contributed by atoms with Gasteiger partial charge in [0, 0.05) is 25.7 Å². The highest BCUT2D eigenvalue weighted by Crippen LogP contribution is 2.19. The van der Waals surface area contributed by atoms with Gasteiger partial charge in [0.15, 0.2) is 0 Å². The molecule has 0 aromatic carbocycles. The zero-order valence-corrected chi connectivity index (χ0v) is 12.1. The minimum absolute atomic E-state index is 0.0888. The van der Waals surface area contributed by atoms with E-state index in [1.54, 1.807) is 4.90 Å². The molecule has 0 radical (unpaired) electrons. The molecule has 1 unspecified atom stereocenters. The Morgan fingerprint density at radius 2 is 2.10 bits per heavy atom. The van der Waals surface area contributed by atoms with Crippen LogP contribution in [0, 0.1) is 0 Å². The molecule has 1 N–H and O–H groups in total. The van der Waals surface area contributed by atoms with Gasteiger partial charge in [-0.15, -0.1) is 0 Å². The van der Waals surface area contributed by atoms with Gasteiger partial charge in [0.25, 0.3) is 0 Å². The topological polar surface area (TPSA) is 67.9 Å². The summed E-state index contributed by atoms with van der Waals surface area (Å²) < 4.78 is 10.2. The van der Waals surface area contributed by atoms with E-state index in [-0.39, 0.29) is 24.5 Å². The molecule has 2 rings (SSSR count). The largest absolute Gasteiger partial charge is 0.469 e. The van der Waals surface area contributed by atoms with Crippen molar-refractivity contribution >= 4 is 12.0 Å². The summed E-state index contributed by atoms with van der Waals surface area (Å²) in [5.41, 5.74) is 0. The summed E-state index contributed by atoms with van der Waals surface area (Å²) in [5.74, 6) is -0.293. The molecule has 6 heteroatoms. The van der Waals surface area contributed by atoms with Gasteiger partial charge >= 0.3 is 12.0 Å². The number of hydrogen-bond acceptors (Lipinski definition) is 4. The Hall–Kier alpha value is -1.30. The highest BCUT2D eigenvalue weighted by Gasteiger charge is 2.26. The quantitative estimate of drug-likeness (QED) is 0.746. The summed E-state index contributed by atoms with van der Waals surface area (Å²) >= 11 is 0. The van der Waals surface area contributed by atoms with E-state index in [1.165, 1.54) is 13.5 Å². The van der Waals surface area contributed by atoms with Gasteiger partial charge in [0.05, 0.1) is 19.6 Å². The van der Waals surface area contributed by atoms with Crippen LogP contribution in [0.15, 0.2) is 0 Å². The number of hydrogen-bond donors (Lipinski definition) is 1. The lowest BCUT2D eigenvalue weighted by Gasteiger charge is -2.31. The lowest BCUT2D eigenvalue weighted by Crippen LogP contribution is -2.49. The minimum atomic E-state index is -0.293. The van der Waals surface area contributed by atoms with Crippen molar-refractivity contribution < 1.29 is 19.1 Å². The van der Waals surface area contributed by atoms with E-state index in [4.69, 9.17) is 4.74 Å². The molecular formula is C14H24N2O4. The van der Waals surface area contributed by atoms with E-state index >= 15 is 0 Å². The van der Waals surface area contributed by atoms with Gasteiger partial charge in [-0.05, 0) is 32.1 Å². The van der Waals surface area contributed by atoms with Crippen LogP contribution < -0.4 is 5.32 Å². The second kappa shape index (κ2) is 7.47. The second-order valence-electron chi connectivity index (χ2n) is 5.48. The molecule has 1 aliphatic heterocycles. The first-order chi connectivity index (χ1) is 9.69. The van der Waals surface area contributed by atoms with Crippen molar-refractivity contribution in [2.75, 3.05) is 26.8 Å². The molecule has 0 bridgehead atoms. The Balaban J connectivity index is 1.83. The van der Waals surface area contributed by atoms with Gasteiger partial charge < -0.3 is 19.7 Å². The molecule has 1 atom stereocenters. The van der Waals surface area contributed by atoms with Gasteiger partial charge in [-0.3, -0.25) is 4.79 Å². The molecule has 2 fully saturated rings. The first kappa shape index (κ1) is 15.1. The number of carbonyl (C=O) groups is 2. The second-order valence-corrected chi connectivity index (χ2v) is 5.48. The van der Waals surface area contributed by atoms with Gasteiger partial charge in [0.2, 0.25) is 0 Å². The first-order valence-corrected chi connectivity index (χ1v) is 7.43. The molecule has 6 nitrogen and oxygen atoms in total. The molecule has 1 aliphatic carbocycles. The van der Waals surface area contributed by atoms with Crippen LogP contribution in [0.1, 0.15) is 38.5 Å². The molecule has 20 heavy (non-hydrogen) atoms. The zero-order chi connectivity index (χ0) is 14.4. The van der Waals surface area contributed by atoms with Gasteiger partial charge in [-0.2, -0.15) is 0 Å². The number of rotatable bonds is 6. The number of nitrogens with one attached hydrogen (secondary N) is 1. The van der Waals surface area contributed by atoms with Crippen LogP contribution in [0.5, 0.6) is 0 Å². The van der Waals surface area contributed by atoms with Crippen LogP contribution in [-0.4, -0.2) is 55.9 Å². The molecule has 114 valence electrons. The van der Waals surface area contributed by atoms with Crippen molar-refractivity contribution in [3.8, 4) is 0 Å². The number of esters is 1. The Morgan fingerprint density at radius 3 is 2.65 bits per heavy atom. The van der Waals surface area contributed by atoms with Crippen molar-refractivity contribution in [2.45, 2.75) is 50.7 Å². The van der Waals surface area contributed by atoms with Crippen LogP contribution in [0.3, 0.4) is 0 Å². The average Bonchev–Trinajstić information content (AvgIpc) is 2.90. The van der Waals surface area contributed by atoms with Gasteiger partial charge in [-0.25, -0.2) is 4.79 Å². The van der Waals surface area contributed by atoms with Crippen molar-refractivity contribution in [1.29, 1.82) is 0 Å². The number of amides is 2. The Kier molecular flexibility index (Phi) is 5.64. The van der Waals surface area contributed by atoms with E-state index < -0.39 is 0 Å². The third-order valence-electron chi connectivity index (χ3n) is 3.98. The number of carbonyl (C=O) groups excluding carboxylic acids is 2. The molecular weight excluding hydrogens is 260 g/mol. The monoisotopic (exact) mass is 284 g/mol. The molecule has 0 aromatic heterocycles. The normalized spacial score (nSPS) is 22.1. The van der Waals surface area contributed by atoms with E-state index in [0.717, 1.165) is 32.3 Å². The maximum absolute atomic E-state index is 12.2. The minimum Gasteiger partial charge on any atom is -0.469 e. The van der Waals surface area contributed by atoms with Crippen LogP contribution >= 0.6 is 0 Å². The highest BCUT2D eigenvalue weighted by molar-refractivity contribution is 5.76. The molecule has 1 saturated heterocycles. The lowest BCUT2D eigenvalue weighted by molar-refractivity contribution is -0.140. The van der Waals surface area contributed by atoms with Crippen LogP contribution in [0.4, 0.5) is 4.79 Å². The van der Waals surface area contributed by atoms with Gasteiger partial charge in [-0.1, -0.05) is 0 Å². The van der Waals surface area contributed by atoms with Crippen LogP contribution in [-0.2, 0) is 14.3 Å². The van der Waals surface area contributed by atoms with Gasteiger partial charge in [0.1, 0.15) is 0 Å². The fraction of sp³-hybridized carbons (Fsp3) is 0.857. The van der Waals surface area contributed by atoms with Crippen molar-refractivity contribution in [3.05, 3.63) is 0 Å². The van der Waals surface area contributed by atoms with Crippen molar-refractivity contribution in [2.24, 2.45) is 0 Å². The number of nitrogens with zero attached hydrogens (tertiary/aromatic N) is 1. The maximum atomic E-state index is 12.2. The van der Waals surface area contributed by atoms with Crippen molar-refractivity contribution in [1.82, 2.24) is 10.2 Å². The molecule has 2 aliphatic rings. The fourth-order valence-electron chi connectivity index (χ4n) is 2.46. The standard InChI is InChI=1S/C14H24N2O4/c1-19-13(17)7-8-16(10-12-6-3-9-20-12)14(18)15-11-4-2-5-11/h11-12H,2-10H2,1H3,(H,15,18). The predicted molar refractivity (Wildman–Crippen MR) is 73.4 cm³/mol. The summed E-state index contributed by atoms with van der Waals surface area (Å²) in [6, 6.07) is 0.210. The summed E-state index contributed by atoms with van der Waals surface area (Å²) in [5, 5.41) is 3.01. The van der Waals surface area contributed by atoms with E-state index in [1.807, 2.05) is 0 Å². The molecule has 0 aromatic rings. The smallest absolute Gasteiger partial charge is 0.317 e. The summed E-state index contributed by atoms with van der Waals surface area (Å²) in [6.45, 7) is 1.69. The Bertz CT molecular complexity index is 338. The summed E-state index contributed by atoms with van der Waals surface area (Å²) in [7, 11) is 1.36. The Morgan fingerprint density at radius 1 is 1.30 bits per heavy atom. The number of methoxy groups -OCH3 is 1. The Labute approximate surface area is 119 Å². The molecule has 0 spiro atoms. The zero-order valence-electron chi connectivity index (χ0n) is 12.1. The maximum Gasteiger partial charge on any atom is 0.317 e. The van der Waals surface area contributed by atoms with Crippen LogP contribution in [0.25, 0.3) is 0 Å². The first-order valence-electron chi connectivity index (χ1n) is 7.43. The summed E-state index contributed by atoms with van der Waals surface area (Å²) in [6.07, 6.45) is 5.62. The third kappa shape index (κ3) is 4.37. The predicted octanol–water partition coefficient (Wildman–Crippen LogP) is 1.29. The fourth-order valence-corrected chi connectivity index (χ4v) is 2.46. The molecule has 2 amide bonds. The highest BCUT2D eigenvalue weighted by atomic mass is 16.5. The molecule has 1 saturated carbocycles.